The van der Waals surface area contributed by atoms with Crippen LogP contribution in [0.3, 0.4) is 0 Å². The van der Waals surface area contributed by atoms with E-state index in [4.69, 9.17) is 15.2 Å². The van der Waals surface area contributed by atoms with Gasteiger partial charge in [0.25, 0.3) is 0 Å². The van der Waals surface area contributed by atoms with Gasteiger partial charge < -0.3 is 20.5 Å². The van der Waals surface area contributed by atoms with Crippen LogP contribution in [0.25, 0.3) is 0 Å². The van der Waals surface area contributed by atoms with Gasteiger partial charge in [0.2, 0.25) is 5.91 Å². The van der Waals surface area contributed by atoms with Gasteiger partial charge in [-0.25, -0.2) is 0 Å². The van der Waals surface area contributed by atoms with E-state index >= 15 is 0 Å². The molecular formula is C23H37ClN2O3. The molecule has 1 aromatic carbocycles. The Kier molecular flexibility index (Phi) is 8.14. The predicted octanol–water partition coefficient (Wildman–Crippen LogP) is 4.67. The summed E-state index contributed by atoms with van der Waals surface area (Å²) in [5.74, 6) is 0.601. The molecule has 3 N–H and O–H groups in total. The second kappa shape index (κ2) is 9.78. The summed E-state index contributed by atoms with van der Waals surface area (Å²) in [5.41, 5.74) is 7.01. The third kappa shape index (κ3) is 5.13. The first-order valence-corrected chi connectivity index (χ1v) is 10.7. The summed E-state index contributed by atoms with van der Waals surface area (Å²) in [7, 11) is 0. The van der Waals surface area contributed by atoms with Crippen LogP contribution in [-0.4, -0.2) is 30.3 Å². The number of hydrogen-bond acceptors (Lipinski definition) is 4. The molecule has 2 aliphatic rings. The average molecular weight is 425 g/mol. The molecule has 2 aliphatic carbocycles. The Morgan fingerprint density at radius 1 is 1.28 bits per heavy atom. The number of ether oxygens (including phenoxy) is 2. The summed E-state index contributed by atoms with van der Waals surface area (Å²) < 4.78 is 11.8. The molecule has 3 rings (SSSR count). The smallest absolute Gasteiger partial charge is 0.245 e. The molecule has 0 heterocycles. The molecule has 6 heteroatoms. The van der Waals surface area contributed by atoms with Gasteiger partial charge in [0.15, 0.2) is 0 Å². The fourth-order valence-corrected chi connectivity index (χ4v) is 4.55. The first-order valence-electron chi connectivity index (χ1n) is 10.7. The van der Waals surface area contributed by atoms with Gasteiger partial charge >= 0.3 is 0 Å². The Morgan fingerprint density at radius 2 is 2.03 bits per heavy atom. The van der Waals surface area contributed by atoms with E-state index in [1.807, 2.05) is 45.0 Å². The monoisotopic (exact) mass is 424 g/mol. The van der Waals surface area contributed by atoms with E-state index in [1.54, 1.807) is 0 Å². The Bertz CT molecular complexity index is 696. The third-order valence-corrected chi connectivity index (χ3v) is 6.79. The van der Waals surface area contributed by atoms with E-state index in [1.165, 1.54) is 12.8 Å². The van der Waals surface area contributed by atoms with Crippen LogP contribution >= 0.6 is 12.4 Å². The predicted molar refractivity (Wildman–Crippen MR) is 119 cm³/mol. The van der Waals surface area contributed by atoms with E-state index in [0.29, 0.717) is 25.7 Å². The van der Waals surface area contributed by atoms with Crippen LogP contribution in [0.15, 0.2) is 24.3 Å². The van der Waals surface area contributed by atoms with Gasteiger partial charge in [0.05, 0.1) is 18.8 Å². The van der Waals surface area contributed by atoms with Gasteiger partial charge in [0.1, 0.15) is 5.54 Å². The summed E-state index contributed by atoms with van der Waals surface area (Å²) in [6, 6.07) is 7.88. The molecule has 2 saturated carbocycles. The van der Waals surface area contributed by atoms with E-state index < -0.39 is 11.0 Å². The molecule has 1 aromatic rings. The van der Waals surface area contributed by atoms with Crippen molar-refractivity contribution in [3.8, 4) is 0 Å². The number of anilines is 1. The highest BCUT2D eigenvalue weighted by Crippen LogP contribution is 2.50. The van der Waals surface area contributed by atoms with Crippen LogP contribution in [0, 0.1) is 11.3 Å². The van der Waals surface area contributed by atoms with Crippen molar-refractivity contribution in [1.82, 2.24) is 0 Å². The Labute approximate surface area is 181 Å². The topological polar surface area (TPSA) is 73.6 Å². The molecule has 4 atom stereocenters. The van der Waals surface area contributed by atoms with E-state index in [-0.39, 0.29) is 24.4 Å². The minimum absolute atomic E-state index is 0. The maximum absolute atomic E-state index is 12.9. The highest BCUT2D eigenvalue weighted by molar-refractivity contribution is 5.99. The maximum Gasteiger partial charge on any atom is 0.245 e. The number of hydrogen-bond donors (Lipinski definition) is 2. The largest absolute Gasteiger partial charge is 0.378 e. The fourth-order valence-electron chi connectivity index (χ4n) is 4.55. The zero-order valence-electron chi connectivity index (χ0n) is 18.2. The highest BCUT2D eigenvalue weighted by atomic mass is 35.5. The zero-order valence-corrected chi connectivity index (χ0v) is 19.0. The number of nitrogens with two attached hydrogens (primary N) is 1. The second-order valence-electron chi connectivity index (χ2n) is 9.20. The number of carbonyl (C=O) groups is 1. The van der Waals surface area contributed by atoms with Gasteiger partial charge in [-0.3, -0.25) is 4.79 Å². The molecular weight excluding hydrogens is 388 g/mol. The van der Waals surface area contributed by atoms with Gasteiger partial charge in [0, 0.05) is 24.1 Å². The van der Waals surface area contributed by atoms with Crippen LogP contribution in [-0.2, 0) is 20.9 Å². The minimum Gasteiger partial charge on any atom is -0.378 e. The number of benzene rings is 1. The molecule has 164 valence electrons. The van der Waals surface area contributed by atoms with Crippen LogP contribution < -0.4 is 11.1 Å². The summed E-state index contributed by atoms with van der Waals surface area (Å²) in [5, 5.41) is 3.01. The van der Waals surface area contributed by atoms with Crippen molar-refractivity contribution in [3.63, 3.8) is 0 Å². The first kappa shape index (κ1) is 24.1. The molecule has 0 saturated heterocycles. The van der Waals surface area contributed by atoms with Gasteiger partial charge in [-0.2, -0.15) is 0 Å². The van der Waals surface area contributed by atoms with Gasteiger partial charge in [-0.05, 0) is 43.4 Å². The number of amides is 1. The van der Waals surface area contributed by atoms with E-state index in [0.717, 1.165) is 30.0 Å². The summed E-state index contributed by atoms with van der Waals surface area (Å²) in [6.07, 6.45) is 5.75. The Balaban J connectivity index is 0.00000300. The minimum atomic E-state index is -0.919. The van der Waals surface area contributed by atoms with Crippen LogP contribution in [0.2, 0.25) is 0 Å². The lowest BCUT2D eigenvalue weighted by molar-refractivity contribution is -0.166. The lowest BCUT2D eigenvalue weighted by Gasteiger charge is -2.57. The third-order valence-electron chi connectivity index (χ3n) is 6.79. The normalized spacial score (nSPS) is 30.7. The SMILES string of the molecule is CCOC1CC(N)(C(=O)Nc2cccc(COC3CCCC(C)C3)c2)C1(C)C.Cl. The summed E-state index contributed by atoms with van der Waals surface area (Å²) >= 11 is 0. The molecule has 29 heavy (non-hydrogen) atoms. The van der Waals surface area contributed by atoms with Crippen molar-refractivity contribution >= 4 is 24.0 Å². The highest BCUT2D eigenvalue weighted by Gasteiger charge is 2.62. The molecule has 1 amide bonds. The first-order chi connectivity index (χ1) is 13.3. The zero-order chi connectivity index (χ0) is 20.4. The number of halogens is 1. The molecule has 4 unspecified atom stereocenters. The molecule has 0 radical (unpaired) electrons. The molecule has 5 nitrogen and oxygen atoms in total. The molecule has 0 bridgehead atoms. The molecule has 2 fully saturated rings. The van der Waals surface area contributed by atoms with Crippen molar-refractivity contribution in [3.05, 3.63) is 29.8 Å². The van der Waals surface area contributed by atoms with Crippen molar-refractivity contribution in [2.24, 2.45) is 17.1 Å². The lowest BCUT2D eigenvalue weighted by atomic mass is 9.54. The van der Waals surface area contributed by atoms with Gasteiger partial charge in [-0.15, -0.1) is 12.4 Å². The maximum atomic E-state index is 12.9. The number of carbonyl (C=O) groups excluding carboxylic acids is 1. The fraction of sp³-hybridized carbons (Fsp3) is 0.696. The van der Waals surface area contributed by atoms with E-state index in [2.05, 4.69) is 12.2 Å². The Morgan fingerprint density at radius 3 is 2.69 bits per heavy atom. The summed E-state index contributed by atoms with van der Waals surface area (Å²) in [6.45, 7) is 9.48. The van der Waals surface area contributed by atoms with Crippen molar-refractivity contribution in [2.75, 3.05) is 11.9 Å². The summed E-state index contributed by atoms with van der Waals surface area (Å²) in [4.78, 5) is 12.9. The molecule has 0 aliphatic heterocycles. The van der Waals surface area contributed by atoms with Crippen molar-refractivity contribution in [1.29, 1.82) is 0 Å². The standard InChI is InChI=1S/C23H36N2O3.ClH/c1-5-27-20-14-23(24,22(20,3)4)21(26)25-18-10-7-9-17(13-18)15-28-19-11-6-8-16(2)12-19;/h7,9-10,13,16,19-20H,5-6,8,11-12,14-15,24H2,1-4H3,(H,25,26);1H. The van der Waals surface area contributed by atoms with Crippen LogP contribution in [0.1, 0.15) is 65.4 Å². The Hall–Kier alpha value is -1.14. The quantitative estimate of drug-likeness (QED) is 0.666. The average Bonchev–Trinajstić information content (AvgIpc) is 2.66. The molecule has 0 aromatic heterocycles. The lowest BCUT2D eigenvalue weighted by Crippen LogP contribution is -2.74. The molecule has 0 spiro atoms. The number of nitrogens with one attached hydrogen (secondary N) is 1. The van der Waals surface area contributed by atoms with Crippen molar-refractivity contribution in [2.45, 2.75) is 84.2 Å². The van der Waals surface area contributed by atoms with Crippen LogP contribution in [0.5, 0.6) is 0 Å². The van der Waals surface area contributed by atoms with Crippen LogP contribution in [0.4, 0.5) is 5.69 Å². The number of rotatable bonds is 7. The second-order valence-corrected chi connectivity index (χ2v) is 9.20. The van der Waals surface area contributed by atoms with E-state index in [9.17, 15) is 4.79 Å². The van der Waals surface area contributed by atoms with Crippen molar-refractivity contribution < 1.29 is 14.3 Å². The van der Waals surface area contributed by atoms with Gasteiger partial charge in [-0.1, -0.05) is 45.7 Å².